The quantitative estimate of drug-likeness (QED) is 0.606. The number of carbonyl (C=O) groups is 2. The summed E-state index contributed by atoms with van der Waals surface area (Å²) in [5.74, 6) is -1.74. The fourth-order valence-corrected chi connectivity index (χ4v) is 1.71. The summed E-state index contributed by atoms with van der Waals surface area (Å²) >= 11 is 0. The van der Waals surface area contributed by atoms with E-state index in [4.69, 9.17) is 0 Å². The van der Waals surface area contributed by atoms with Crippen LogP contribution in [-0.2, 0) is 4.79 Å². The molecule has 112 valence electrons. The lowest BCUT2D eigenvalue weighted by atomic mass is 10.2. The number of hydrogen-bond donors (Lipinski definition) is 2. The predicted molar refractivity (Wildman–Crippen MR) is 71.2 cm³/mol. The zero-order valence-electron chi connectivity index (χ0n) is 11.1. The summed E-state index contributed by atoms with van der Waals surface area (Å²) in [6.07, 6.45) is 2.10. The van der Waals surface area contributed by atoms with Gasteiger partial charge in [-0.15, -0.1) is 0 Å². The molecular formula is C13H14FN3O4. The third-order valence-electron chi connectivity index (χ3n) is 2.99. The Hall–Kier alpha value is -2.51. The second-order valence-corrected chi connectivity index (χ2v) is 4.77. The monoisotopic (exact) mass is 295 g/mol. The van der Waals surface area contributed by atoms with E-state index in [2.05, 4.69) is 10.6 Å². The van der Waals surface area contributed by atoms with Crippen molar-refractivity contribution in [2.24, 2.45) is 0 Å². The predicted octanol–water partition coefficient (Wildman–Crippen LogP) is 1.13. The number of benzene rings is 1. The maximum absolute atomic E-state index is 13.1. The van der Waals surface area contributed by atoms with Gasteiger partial charge in [0.2, 0.25) is 11.7 Å². The number of hydrogen-bond acceptors (Lipinski definition) is 4. The van der Waals surface area contributed by atoms with Crippen molar-refractivity contribution in [2.45, 2.75) is 25.3 Å². The minimum atomic E-state index is -1.000. The van der Waals surface area contributed by atoms with Crippen molar-refractivity contribution < 1.29 is 18.9 Å². The molecule has 2 N–H and O–H groups in total. The zero-order valence-corrected chi connectivity index (χ0v) is 11.1. The van der Waals surface area contributed by atoms with Gasteiger partial charge in [0, 0.05) is 30.6 Å². The Morgan fingerprint density at radius 1 is 1.38 bits per heavy atom. The summed E-state index contributed by atoms with van der Waals surface area (Å²) in [7, 11) is 0. The highest BCUT2D eigenvalue weighted by Crippen LogP contribution is 2.19. The molecule has 0 aromatic heterocycles. The molecule has 8 heteroatoms. The van der Waals surface area contributed by atoms with Gasteiger partial charge in [-0.3, -0.25) is 19.7 Å². The fraction of sp³-hybridized carbons (Fsp3) is 0.385. The second kappa shape index (κ2) is 6.29. The standard InChI is InChI=1S/C13H14FN3O4/c14-10-4-1-8(7-11(10)17(20)21)13(19)15-6-5-12(18)16-9-2-3-9/h1,4,7,9H,2-3,5-6H2,(H,15,19)(H,16,18). The van der Waals surface area contributed by atoms with Crippen LogP contribution in [0, 0.1) is 15.9 Å². The first kappa shape index (κ1) is 14.9. The Bertz CT molecular complexity index is 587. The number of amides is 2. The minimum absolute atomic E-state index is 0.0225. The topological polar surface area (TPSA) is 101 Å². The SMILES string of the molecule is O=C(CCNC(=O)c1ccc(F)c([N+](=O)[O-])c1)NC1CC1. The summed E-state index contributed by atoms with van der Waals surface area (Å²) < 4.78 is 13.1. The van der Waals surface area contributed by atoms with E-state index in [1.165, 1.54) is 0 Å². The molecule has 0 bridgehead atoms. The molecule has 0 aliphatic heterocycles. The smallest absolute Gasteiger partial charge is 0.305 e. The average Bonchev–Trinajstić information content (AvgIpc) is 3.22. The molecular weight excluding hydrogens is 281 g/mol. The van der Waals surface area contributed by atoms with Gasteiger partial charge in [-0.2, -0.15) is 4.39 Å². The molecule has 21 heavy (non-hydrogen) atoms. The van der Waals surface area contributed by atoms with Gasteiger partial charge in [0.05, 0.1) is 4.92 Å². The largest absolute Gasteiger partial charge is 0.353 e. The molecule has 7 nitrogen and oxygen atoms in total. The highest BCUT2D eigenvalue weighted by Gasteiger charge is 2.23. The zero-order chi connectivity index (χ0) is 15.4. The first-order valence-electron chi connectivity index (χ1n) is 6.49. The van der Waals surface area contributed by atoms with E-state index >= 15 is 0 Å². The molecule has 1 aromatic rings. The van der Waals surface area contributed by atoms with E-state index in [0.29, 0.717) is 0 Å². The van der Waals surface area contributed by atoms with E-state index in [0.717, 1.165) is 31.0 Å². The van der Waals surface area contributed by atoms with Crippen LogP contribution in [0.15, 0.2) is 18.2 Å². The van der Waals surface area contributed by atoms with Crippen LogP contribution in [0.1, 0.15) is 29.6 Å². The maximum atomic E-state index is 13.1. The Kier molecular flexibility index (Phi) is 4.46. The number of nitro benzene ring substituents is 1. The Morgan fingerprint density at radius 2 is 2.10 bits per heavy atom. The molecule has 0 spiro atoms. The van der Waals surface area contributed by atoms with Crippen molar-refractivity contribution in [3.8, 4) is 0 Å². The number of nitro groups is 1. The first-order valence-corrected chi connectivity index (χ1v) is 6.49. The van der Waals surface area contributed by atoms with Crippen LogP contribution in [0.5, 0.6) is 0 Å². The van der Waals surface area contributed by atoms with E-state index in [9.17, 15) is 24.1 Å². The number of nitrogens with zero attached hydrogens (tertiary/aromatic N) is 1. The van der Waals surface area contributed by atoms with Crippen molar-refractivity contribution in [1.29, 1.82) is 0 Å². The number of rotatable bonds is 6. The normalized spacial score (nSPS) is 13.6. The molecule has 0 atom stereocenters. The van der Waals surface area contributed by atoms with Crippen molar-refractivity contribution in [1.82, 2.24) is 10.6 Å². The lowest BCUT2D eigenvalue weighted by Gasteiger charge is -2.06. The van der Waals surface area contributed by atoms with Crippen molar-refractivity contribution in [3.63, 3.8) is 0 Å². The highest BCUT2D eigenvalue weighted by molar-refractivity contribution is 5.95. The van der Waals surface area contributed by atoms with E-state index < -0.39 is 22.3 Å². The Morgan fingerprint density at radius 3 is 2.71 bits per heavy atom. The first-order chi connectivity index (χ1) is 9.97. The highest BCUT2D eigenvalue weighted by atomic mass is 19.1. The van der Waals surface area contributed by atoms with Crippen LogP contribution >= 0.6 is 0 Å². The Balaban J connectivity index is 1.86. The summed E-state index contributed by atoms with van der Waals surface area (Å²) in [5, 5.41) is 15.8. The molecule has 0 heterocycles. The molecule has 1 aliphatic carbocycles. The van der Waals surface area contributed by atoms with E-state index in [1.54, 1.807) is 0 Å². The molecule has 2 amide bonds. The van der Waals surface area contributed by atoms with Crippen LogP contribution in [0.4, 0.5) is 10.1 Å². The van der Waals surface area contributed by atoms with Crippen LogP contribution in [0.25, 0.3) is 0 Å². The minimum Gasteiger partial charge on any atom is -0.353 e. The van der Waals surface area contributed by atoms with Gasteiger partial charge in [0.15, 0.2) is 0 Å². The van der Waals surface area contributed by atoms with E-state index in [1.807, 2.05) is 0 Å². The summed E-state index contributed by atoms with van der Waals surface area (Å²) in [6.45, 7) is 0.114. The molecule has 0 saturated heterocycles. The van der Waals surface area contributed by atoms with Crippen LogP contribution in [0.2, 0.25) is 0 Å². The van der Waals surface area contributed by atoms with Gasteiger partial charge in [0.1, 0.15) is 0 Å². The molecule has 1 aliphatic rings. The summed E-state index contributed by atoms with van der Waals surface area (Å²) in [5.41, 5.74) is -0.778. The van der Waals surface area contributed by atoms with Crippen LogP contribution in [0.3, 0.4) is 0 Å². The third kappa shape index (κ3) is 4.23. The van der Waals surface area contributed by atoms with Gasteiger partial charge in [0.25, 0.3) is 5.91 Å². The molecule has 0 unspecified atom stereocenters. The number of nitrogens with one attached hydrogen (secondary N) is 2. The number of carbonyl (C=O) groups excluding carboxylic acids is 2. The van der Waals surface area contributed by atoms with Gasteiger partial charge in [-0.05, 0) is 25.0 Å². The lowest BCUT2D eigenvalue weighted by molar-refractivity contribution is -0.387. The van der Waals surface area contributed by atoms with Crippen molar-refractivity contribution in [3.05, 3.63) is 39.7 Å². The second-order valence-electron chi connectivity index (χ2n) is 4.77. The summed E-state index contributed by atoms with van der Waals surface area (Å²) in [4.78, 5) is 32.9. The maximum Gasteiger partial charge on any atom is 0.305 e. The average molecular weight is 295 g/mol. The van der Waals surface area contributed by atoms with Crippen molar-refractivity contribution in [2.75, 3.05) is 6.54 Å². The van der Waals surface area contributed by atoms with Crippen LogP contribution in [-0.4, -0.2) is 29.3 Å². The van der Waals surface area contributed by atoms with Crippen LogP contribution < -0.4 is 10.6 Å². The van der Waals surface area contributed by atoms with Gasteiger partial charge in [-0.25, -0.2) is 0 Å². The van der Waals surface area contributed by atoms with E-state index in [-0.39, 0.29) is 30.5 Å². The van der Waals surface area contributed by atoms with Gasteiger partial charge < -0.3 is 10.6 Å². The van der Waals surface area contributed by atoms with Crippen molar-refractivity contribution >= 4 is 17.5 Å². The summed E-state index contributed by atoms with van der Waals surface area (Å²) in [6, 6.07) is 3.15. The Labute approximate surface area is 119 Å². The van der Waals surface area contributed by atoms with Gasteiger partial charge in [-0.1, -0.05) is 0 Å². The lowest BCUT2D eigenvalue weighted by Crippen LogP contribution is -2.31. The number of halogens is 1. The molecule has 1 fully saturated rings. The van der Waals surface area contributed by atoms with Gasteiger partial charge >= 0.3 is 5.69 Å². The third-order valence-corrected chi connectivity index (χ3v) is 2.99. The molecule has 1 aromatic carbocycles. The fourth-order valence-electron chi connectivity index (χ4n) is 1.71. The molecule has 1 saturated carbocycles. The molecule has 0 radical (unpaired) electrons. The molecule has 2 rings (SSSR count).